The van der Waals surface area contributed by atoms with E-state index in [4.69, 9.17) is 4.52 Å². The zero-order valence-electron chi connectivity index (χ0n) is 22.6. The fraction of sp³-hybridized carbons (Fsp3) is 0.207. The van der Waals surface area contributed by atoms with Gasteiger partial charge >= 0.3 is 0 Å². The lowest BCUT2D eigenvalue weighted by atomic mass is 10.0. The molecule has 206 valence electrons. The first kappa shape index (κ1) is 26.0. The fourth-order valence-electron chi connectivity index (χ4n) is 4.65. The van der Waals surface area contributed by atoms with Gasteiger partial charge in [-0.25, -0.2) is 15.0 Å². The number of nitrogens with zero attached hydrogens (tertiary/aromatic N) is 7. The minimum Gasteiger partial charge on any atom is -0.394 e. The Morgan fingerprint density at radius 3 is 2.54 bits per heavy atom. The van der Waals surface area contributed by atoms with Crippen molar-refractivity contribution in [2.45, 2.75) is 25.4 Å². The number of nitrogens with one attached hydrogen (secondary N) is 2. The van der Waals surface area contributed by atoms with Crippen molar-refractivity contribution in [1.82, 2.24) is 35.0 Å². The maximum absolute atomic E-state index is 12.6. The summed E-state index contributed by atoms with van der Waals surface area (Å²) in [7, 11) is 1.75. The van der Waals surface area contributed by atoms with Crippen molar-refractivity contribution in [1.29, 1.82) is 0 Å². The van der Waals surface area contributed by atoms with E-state index in [1.807, 2.05) is 44.2 Å². The summed E-state index contributed by atoms with van der Waals surface area (Å²) in [4.78, 5) is 36.4. The molecule has 0 spiro atoms. The highest BCUT2D eigenvalue weighted by Crippen LogP contribution is 2.37. The van der Waals surface area contributed by atoms with Gasteiger partial charge in [-0.1, -0.05) is 35.5 Å². The summed E-state index contributed by atoms with van der Waals surface area (Å²) in [5, 5.41) is 20.9. The minimum atomic E-state index is -0.579. The van der Waals surface area contributed by atoms with Crippen molar-refractivity contribution in [3.63, 3.8) is 0 Å². The SMILES string of the molecule is CN1C(=O)c2cnc(Nc3cc(N[C@H](CO)c4ccccc4)c(-c4nc(-c5ccncc5)no4)cn3)nc2C1(C)C. The van der Waals surface area contributed by atoms with Crippen LogP contribution in [-0.4, -0.2) is 59.6 Å². The third kappa shape index (κ3) is 4.85. The molecule has 3 N–H and O–H groups in total. The van der Waals surface area contributed by atoms with Gasteiger partial charge in [0.15, 0.2) is 0 Å². The zero-order valence-corrected chi connectivity index (χ0v) is 22.6. The van der Waals surface area contributed by atoms with Crippen molar-refractivity contribution in [2.75, 3.05) is 24.3 Å². The first-order valence-electron chi connectivity index (χ1n) is 12.9. The number of carbonyl (C=O) groups is 1. The summed E-state index contributed by atoms with van der Waals surface area (Å²) in [6, 6.07) is 14.5. The molecule has 1 aliphatic heterocycles. The summed E-state index contributed by atoms with van der Waals surface area (Å²) < 4.78 is 5.61. The Hall–Kier alpha value is -5.23. The van der Waals surface area contributed by atoms with Crippen LogP contribution in [0.15, 0.2) is 77.8 Å². The van der Waals surface area contributed by atoms with Crippen LogP contribution in [0.25, 0.3) is 22.8 Å². The molecule has 5 aromatic rings. The Bertz CT molecular complexity index is 1710. The number of pyridine rings is 2. The van der Waals surface area contributed by atoms with Gasteiger partial charge < -0.3 is 25.2 Å². The van der Waals surface area contributed by atoms with Gasteiger partial charge in [0.05, 0.1) is 40.7 Å². The quantitative estimate of drug-likeness (QED) is 0.255. The van der Waals surface area contributed by atoms with Gasteiger partial charge in [-0.05, 0) is 31.5 Å². The van der Waals surface area contributed by atoms with E-state index >= 15 is 0 Å². The Kier molecular flexibility index (Phi) is 6.59. The maximum Gasteiger partial charge on any atom is 0.261 e. The summed E-state index contributed by atoms with van der Waals surface area (Å²) >= 11 is 0. The molecule has 6 rings (SSSR count). The average Bonchev–Trinajstić information content (AvgIpc) is 3.55. The summed E-state index contributed by atoms with van der Waals surface area (Å²) in [5.41, 5.74) is 3.32. The summed E-state index contributed by atoms with van der Waals surface area (Å²) in [5.74, 6) is 1.27. The summed E-state index contributed by atoms with van der Waals surface area (Å²) in [6.45, 7) is 3.71. The molecule has 0 aliphatic carbocycles. The van der Waals surface area contributed by atoms with Gasteiger partial charge in [0.2, 0.25) is 11.8 Å². The number of fused-ring (bicyclic) bond motifs is 1. The number of carbonyl (C=O) groups excluding carboxylic acids is 1. The lowest BCUT2D eigenvalue weighted by molar-refractivity contribution is 0.0688. The number of benzene rings is 1. The van der Waals surface area contributed by atoms with E-state index in [9.17, 15) is 9.90 Å². The van der Waals surface area contributed by atoms with Crippen LogP contribution in [-0.2, 0) is 5.54 Å². The normalized spacial score (nSPS) is 14.5. The Balaban J connectivity index is 1.36. The molecular formula is C29H27N9O3. The first-order valence-corrected chi connectivity index (χ1v) is 12.9. The summed E-state index contributed by atoms with van der Waals surface area (Å²) in [6.07, 6.45) is 6.44. The first-order chi connectivity index (χ1) is 19.8. The highest BCUT2D eigenvalue weighted by Gasteiger charge is 2.42. The molecule has 12 heteroatoms. The molecule has 1 atom stereocenters. The van der Waals surface area contributed by atoms with Crippen LogP contribution in [0.2, 0.25) is 0 Å². The second-order valence-corrected chi connectivity index (χ2v) is 10.1. The molecule has 0 bridgehead atoms. The number of aliphatic hydroxyl groups excluding tert-OH is 1. The molecule has 5 heterocycles. The number of hydrogen-bond acceptors (Lipinski definition) is 11. The molecule has 0 saturated heterocycles. The number of amides is 1. The lowest BCUT2D eigenvalue weighted by Gasteiger charge is -2.27. The predicted octanol–water partition coefficient (Wildman–Crippen LogP) is 4.19. The molecular weight excluding hydrogens is 522 g/mol. The molecule has 4 aromatic heterocycles. The zero-order chi connectivity index (χ0) is 28.6. The molecule has 1 aromatic carbocycles. The smallest absolute Gasteiger partial charge is 0.261 e. The maximum atomic E-state index is 12.6. The largest absolute Gasteiger partial charge is 0.394 e. The van der Waals surface area contributed by atoms with E-state index in [0.717, 1.165) is 11.1 Å². The topological polar surface area (TPSA) is 155 Å². The van der Waals surface area contributed by atoms with Crippen molar-refractivity contribution < 1.29 is 14.4 Å². The molecule has 0 unspecified atom stereocenters. The molecule has 1 aliphatic rings. The molecule has 0 radical (unpaired) electrons. The highest BCUT2D eigenvalue weighted by atomic mass is 16.5. The van der Waals surface area contributed by atoms with E-state index < -0.39 is 11.6 Å². The van der Waals surface area contributed by atoms with E-state index in [-0.39, 0.29) is 18.4 Å². The van der Waals surface area contributed by atoms with E-state index in [1.54, 1.807) is 48.7 Å². The lowest BCUT2D eigenvalue weighted by Crippen LogP contribution is -2.35. The third-order valence-corrected chi connectivity index (χ3v) is 7.19. The number of hydrogen-bond donors (Lipinski definition) is 3. The van der Waals surface area contributed by atoms with Gasteiger partial charge in [0, 0.05) is 43.5 Å². The van der Waals surface area contributed by atoms with Crippen LogP contribution >= 0.6 is 0 Å². The molecule has 0 fully saturated rings. The van der Waals surface area contributed by atoms with Crippen LogP contribution in [0.5, 0.6) is 0 Å². The number of rotatable bonds is 8. The van der Waals surface area contributed by atoms with Gasteiger partial charge in [-0.15, -0.1) is 0 Å². The van der Waals surface area contributed by atoms with E-state index in [0.29, 0.717) is 40.1 Å². The Morgan fingerprint density at radius 1 is 1.02 bits per heavy atom. The van der Waals surface area contributed by atoms with Gasteiger partial charge in [0.1, 0.15) is 5.82 Å². The third-order valence-electron chi connectivity index (χ3n) is 7.19. The number of anilines is 3. The van der Waals surface area contributed by atoms with Crippen LogP contribution in [0.4, 0.5) is 17.5 Å². The highest BCUT2D eigenvalue weighted by molar-refractivity contribution is 5.99. The van der Waals surface area contributed by atoms with E-state index in [2.05, 4.69) is 40.7 Å². The molecule has 41 heavy (non-hydrogen) atoms. The van der Waals surface area contributed by atoms with Crippen molar-refractivity contribution >= 4 is 23.4 Å². The second-order valence-electron chi connectivity index (χ2n) is 10.1. The molecule has 1 amide bonds. The van der Waals surface area contributed by atoms with Gasteiger partial charge in [0.25, 0.3) is 11.8 Å². The van der Waals surface area contributed by atoms with Crippen molar-refractivity contribution in [2.24, 2.45) is 0 Å². The van der Waals surface area contributed by atoms with Gasteiger partial charge in [-0.2, -0.15) is 4.98 Å². The van der Waals surface area contributed by atoms with Crippen LogP contribution in [0.1, 0.15) is 41.5 Å². The number of aliphatic hydroxyl groups is 1. The predicted molar refractivity (Wildman–Crippen MR) is 151 cm³/mol. The number of aromatic nitrogens is 6. The molecule has 12 nitrogen and oxygen atoms in total. The van der Waals surface area contributed by atoms with Crippen LogP contribution < -0.4 is 10.6 Å². The molecule has 0 saturated carbocycles. The minimum absolute atomic E-state index is 0.118. The average molecular weight is 550 g/mol. The van der Waals surface area contributed by atoms with Crippen molar-refractivity contribution in [3.05, 3.63) is 90.1 Å². The second kappa shape index (κ2) is 10.4. The Morgan fingerprint density at radius 2 is 1.78 bits per heavy atom. The van der Waals surface area contributed by atoms with Gasteiger partial charge in [-0.3, -0.25) is 9.78 Å². The van der Waals surface area contributed by atoms with Crippen molar-refractivity contribution in [3.8, 4) is 22.8 Å². The fourth-order valence-corrected chi connectivity index (χ4v) is 4.65. The standard InChI is InChI=1S/C29H27N9O3/c1-29(2)24-20(27(40)38(29)3)15-32-28(35-24)34-23-13-21(33-22(16-39)17-7-5-4-6-8-17)19(14-31-23)26-36-25(37-41-26)18-9-11-30-12-10-18/h4-15,22,39H,16H2,1-3H3,(H2,31,32,33,34,35)/t22-/m1/s1. The Labute approximate surface area is 235 Å². The monoisotopic (exact) mass is 549 g/mol. The van der Waals surface area contributed by atoms with Crippen LogP contribution in [0, 0.1) is 0 Å². The van der Waals surface area contributed by atoms with Crippen LogP contribution in [0.3, 0.4) is 0 Å². The van der Waals surface area contributed by atoms with E-state index in [1.165, 1.54) is 6.20 Å².